The summed E-state index contributed by atoms with van der Waals surface area (Å²) in [6, 6.07) is 10.0. The van der Waals surface area contributed by atoms with E-state index in [4.69, 9.17) is 4.74 Å². The van der Waals surface area contributed by atoms with Crippen LogP contribution in [0, 0.1) is 11.8 Å². The van der Waals surface area contributed by atoms with Gasteiger partial charge in [-0.3, -0.25) is 9.88 Å². The largest absolute Gasteiger partial charge is 0.387 e. The minimum atomic E-state index is -0.538. The normalized spacial score (nSPS) is 33.5. The molecule has 0 aliphatic carbocycles. The molecule has 5 rings (SSSR count). The molecule has 0 saturated carbocycles. The number of benzene rings is 1. The van der Waals surface area contributed by atoms with E-state index in [0.717, 1.165) is 35.9 Å². The zero-order chi connectivity index (χ0) is 16.7. The highest BCUT2D eigenvalue weighted by molar-refractivity contribution is 5.82. The highest BCUT2D eigenvalue weighted by atomic mass is 16.5. The molecule has 4 heteroatoms. The van der Waals surface area contributed by atoms with Gasteiger partial charge in [-0.15, -0.1) is 6.58 Å². The first kappa shape index (κ1) is 15.8. The number of hydrogen-bond acceptors (Lipinski definition) is 4. The van der Waals surface area contributed by atoms with Crippen LogP contribution in [0.4, 0.5) is 0 Å². The van der Waals surface area contributed by atoms with Crippen LogP contribution >= 0.6 is 0 Å². The number of nitrogens with zero attached hydrogens (tertiary/aromatic N) is 2. The van der Waals surface area contributed by atoms with Gasteiger partial charge in [-0.2, -0.15) is 0 Å². The van der Waals surface area contributed by atoms with E-state index in [9.17, 15) is 5.11 Å². The number of hydrogen-bond donors (Lipinski definition) is 1. The average molecular weight is 324 g/mol. The number of aliphatic hydroxyl groups excluding tert-OH is 1. The summed E-state index contributed by atoms with van der Waals surface area (Å²) >= 11 is 0. The van der Waals surface area contributed by atoms with Crippen molar-refractivity contribution in [1.82, 2.24) is 9.88 Å². The van der Waals surface area contributed by atoms with Gasteiger partial charge in [0.2, 0.25) is 0 Å². The number of methoxy groups -OCH3 is 1. The van der Waals surface area contributed by atoms with Gasteiger partial charge in [-0.1, -0.05) is 24.3 Å². The Labute approximate surface area is 142 Å². The fourth-order valence-corrected chi connectivity index (χ4v) is 4.54. The second kappa shape index (κ2) is 6.28. The van der Waals surface area contributed by atoms with Crippen molar-refractivity contribution in [2.24, 2.45) is 11.8 Å². The molecule has 1 N–H and O–H groups in total. The van der Waals surface area contributed by atoms with E-state index in [2.05, 4.69) is 22.5 Å². The van der Waals surface area contributed by atoms with E-state index < -0.39 is 6.10 Å². The van der Waals surface area contributed by atoms with Crippen LogP contribution in [-0.4, -0.2) is 40.9 Å². The molecule has 3 aliphatic rings. The lowest BCUT2D eigenvalue weighted by molar-refractivity contribution is -0.165. The number of aromatic nitrogens is 1. The maximum Gasteiger partial charge on any atom is 0.110 e. The molecule has 1 aromatic carbocycles. The number of para-hydroxylation sites is 1. The van der Waals surface area contributed by atoms with E-state index in [1.165, 1.54) is 0 Å². The molecule has 0 radical (unpaired) electrons. The Kier molecular flexibility index (Phi) is 4.12. The fourth-order valence-electron chi connectivity index (χ4n) is 4.54. The summed E-state index contributed by atoms with van der Waals surface area (Å²) in [4.78, 5) is 6.74. The van der Waals surface area contributed by atoms with Gasteiger partial charge < -0.3 is 9.84 Å². The molecule has 0 spiro atoms. The Bertz CT molecular complexity index is 742. The van der Waals surface area contributed by atoms with E-state index in [1.807, 2.05) is 30.3 Å². The van der Waals surface area contributed by atoms with Crippen molar-refractivity contribution in [3.63, 3.8) is 0 Å². The van der Waals surface area contributed by atoms with Gasteiger partial charge in [0.15, 0.2) is 0 Å². The maximum absolute atomic E-state index is 11.2. The number of rotatable bonds is 4. The van der Waals surface area contributed by atoms with Crippen molar-refractivity contribution in [2.45, 2.75) is 31.2 Å². The molecule has 0 amide bonds. The molecule has 2 bridgehead atoms. The summed E-state index contributed by atoms with van der Waals surface area (Å²) in [6.07, 6.45) is 5.41. The molecule has 24 heavy (non-hydrogen) atoms. The number of pyridine rings is 1. The highest BCUT2D eigenvalue weighted by Crippen LogP contribution is 2.44. The zero-order valence-corrected chi connectivity index (χ0v) is 14.0. The number of aliphatic hydroxyl groups is 1. The summed E-state index contributed by atoms with van der Waals surface area (Å²) in [7, 11) is 1.76. The van der Waals surface area contributed by atoms with Gasteiger partial charge in [0.1, 0.15) is 6.23 Å². The zero-order valence-electron chi connectivity index (χ0n) is 14.0. The smallest absolute Gasteiger partial charge is 0.110 e. The first-order valence-electron chi connectivity index (χ1n) is 8.65. The summed E-state index contributed by atoms with van der Waals surface area (Å²) in [5, 5.41) is 12.2. The van der Waals surface area contributed by atoms with E-state index in [0.29, 0.717) is 11.8 Å². The van der Waals surface area contributed by atoms with Crippen LogP contribution in [0.5, 0.6) is 0 Å². The van der Waals surface area contributed by atoms with E-state index >= 15 is 0 Å². The standard InChI is InChI=1S/C20H24N2O2/c1-3-13-12-22-18(10-14(13)11-19(22)24-2)20(23)16-8-9-21-17-7-5-4-6-15(16)17/h3-9,13-14,18-20,23H,1,10-12H2,2H3/t13-,14-,18-,19?,20?/m0/s1. The second-order valence-corrected chi connectivity index (χ2v) is 6.95. The van der Waals surface area contributed by atoms with E-state index in [1.54, 1.807) is 13.3 Å². The molecule has 126 valence electrons. The highest BCUT2D eigenvalue weighted by Gasteiger charge is 2.47. The topological polar surface area (TPSA) is 45.6 Å². The first-order chi connectivity index (χ1) is 11.7. The molecule has 3 aliphatic heterocycles. The van der Waals surface area contributed by atoms with Crippen LogP contribution < -0.4 is 0 Å². The Balaban J connectivity index is 1.69. The Morgan fingerprint density at radius 2 is 2.17 bits per heavy atom. The molecule has 6 atom stereocenters. The van der Waals surface area contributed by atoms with Crippen molar-refractivity contribution in [1.29, 1.82) is 0 Å². The van der Waals surface area contributed by atoms with Crippen molar-refractivity contribution < 1.29 is 9.84 Å². The van der Waals surface area contributed by atoms with Gasteiger partial charge in [-0.05, 0) is 42.4 Å². The van der Waals surface area contributed by atoms with Crippen LogP contribution in [0.2, 0.25) is 0 Å². The molecule has 3 unspecified atom stereocenters. The minimum Gasteiger partial charge on any atom is -0.387 e. The van der Waals surface area contributed by atoms with Gasteiger partial charge in [0, 0.05) is 31.3 Å². The third-order valence-electron chi connectivity index (χ3n) is 5.81. The Morgan fingerprint density at radius 3 is 2.92 bits per heavy atom. The number of fused-ring (bicyclic) bond motifs is 4. The Morgan fingerprint density at radius 1 is 1.33 bits per heavy atom. The van der Waals surface area contributed by atoms with Crippen LogP contribution in [0.25, 0.3) is 10.9 Å². The first-order valence-corrected chi connectivity index (χ1v) is 8.65. The summed E-state index contributed by atoms with van der Waals surface area (Å²) < 4.78 is 5.69. The maximum atomic E-state index is 11.2. The third-order valence-corrected chi connectivity index (χ3v) is 5.81. The number of ether oxygens (including phenoxy) is 1. The molecule has 3 fully saturated rings. The minimum absolute atomic E-state index is 0.0794. The van der Waals surface area contributed by atoms with Crippen LogP contribution in [-0.2, 0) is 4.74 Å². The molecular weight excluding hydrogens is 300 g/mol. The van der Waals surface area contributed by atoms with Crippen molar-refractivity contribution in [3.8, 4) is 0 Å². The van der Waals surface area contributed by atoms with Gasteiger partial charge in [-0.25, -0.2) is 0 Å². The van der Waals surface area contributed by atoms with Crippen LogP contribution in [0.3, 0.4) is 0 Å². The van der Waals surface area contributed by atoms with E-state index in [-0.39, 0.29) is 12.3 Å². The quantitative estimate of drug-likeness (QED) is 0.878. The SMILES string of the molecule is C=C[C@H]1CN2C(OC)C[C@@H]1C[C@H]2C(O)c1ccnc2ccccc12. The fraction of sp³-hybridized carbons (Fsp3) is 0.450. The monoisotopic (exact) mass is 324 g/mol. The van der Waals surface area contributed by atoms with Crippen LogP contribution in [0.15, 0.2) is 49.2 Å². The number of piperidine rings is 3. The van der Waals surface area contributed by atoms with Crippen molar-refractivity contribution in [2.75, 3.05) is 13.7 Å². The molecule has 2 aromatic rings. The Hall–Kier alpha value is -1.75. The average Bonchev–Trinajstić information content (AvgIpc) is 2.66. The summed E-state index contributed by atoms with van der Waals surface area (Å²) in [6.45, 7) is 4.90. The second-order valence-electron chi connectivity index (χ2n) is 6.95. The van der Waals surface area contributed by atoms with Crippen LogP contribution in [0.1, 0.15) is 24.5 Å². The predicted octanol–water partition coefficient (Wildman–Crippen LogP) is 3.14. The molecule has 3 saturated heterocycles. The lowest BCUT2D eigenvalue weighted by Gasteiger charge is -2.54. The molecule has 4 heterocycles. The lowest BCUT2D eigenvalue weighted by atomic mass is 9.72. The van der Waals surface area contributed by atoms with Crippen molar-refractivity contribution >= 4 is 10.9 Å². The van der Waals surface area contributed by atoms with Gasteiger partial charge in [0.05, 0.1) is 11.6 Å². The summed E-state index contributed by atoms with van der Waals surface area (Å²) in [5.41, 5.74) is 1.89. The van der Waals surface area contributed by atoms with Gasteiger partial charge >= 0.3 is 0 Å². The summed E-state index contributed by atoms with van der Waals surface area (Å²) in [5.74, 6) is 1.03. The molecule has 4 nitrogen and oxygen atoms in total. The molecule has 1 aromatic heterocycles. The third kappa shape index (κ3) is 2.46. The molecular formula is C20H24N2O2. The van der Waals surface area contributed by atoms with Crippen molar-refractivity contribution in [3.05, 3.63) is 54.7 Å². The van der Waals surface area contributed by atoms with Gasteiger partial charge in [0.25, 0.3) is 0 Å². The predicted molar refractivity (Wildman–Crippen MR) is 94.4 cm³/mol. The lowest BCUT2D eigenvalue weighted by Crippen LogP contribution is -2.60.